The molecule has 2 aromatic rings. The first-order valence-corrected chi connectivity index (χ1v) is 8.51. The number of ether oxygens (including phenoxy) is 1. The largest absolute Gasteiger partial charge is 0.373 e. The van der Waals surface area contributed by atoms with Crippen LogP contribution in [0.3, 0.4) is 0 Å². The normalized spacial score (nSPS) is 16.2. The fourth-order valence-corrected chi connectivity index (χ4v) is 4.12. The zero-order valence-corrected chi connectivity index (χ0v) is 13.0. The molecule has 1 aromatic heterocycles. The van der Waals surface area contributed by atoms with Gasteiger partial charge in [0.15, 0.2) is 0 Å². The zero-order chi connectivity index (χ0) is 13.8. The predicted molar refractivity (Wildman–Crippen MR) is 86.3 cm³/mol. The van der Waals surface area contributed by atoms with Gasteiger partial charge in [0.25, 0.3) is 0 Å². The molecule has 0 saturated heterocycles. The summed E-state index contributed by atoms with van der Waals surface area (Å²) in [6, 6.07) is 8.70. The van der Waals surface area contributed by atoms with Crippen molar-refractivity contribution in [2.75, 3.05) is 6.54 Å². The standard InChI is InChI=1S/C17H23NOS/c1-2-18-11-17-15(12-19-13-7-3-4-8-13)14-9-5-6-10-16(14)20-17/h5-6,9-10,13,18H,2-4,7-8,11-12H2,1H3. The molecule has 0 atom stereocenters. The lowest BCUT2D eigenvalue weighted by atomic mass is 10.1. The maximum atomic E-state index is 6.15. The fraction of sp³-hybridized carbons (Fsp3) is 0.529. The van der Waals surface area contributed by atoms with Crippen LogP contribution in [0.1, 0.15) is 43.0 Å². The van der Waals surface area contributed by atoms with Gasteiger partial charge in [-0.3, -0.25) is 0 Å². The van der Waals surface area contributed by atoms with Crippen LogP contribution >= 0.6 is 11.3 Å². The summed E-state index contributed by atoms with van der Waals surface area (Å²) in [5.41, 5.74) is 1.40. The fourth-order valence-electron chi connectivity index (χ4n) is 2.95. The minimum Gasteiger partial charge on any atom is -0.373 e. The van der Waals surface area contributed by atoms with E-state index in [0.717, 1.165) is 19.7 Å². The Kier molecular flexibility index (Phi) is 4.71. The smallest absolute Gasteiger partial charge is 0.0738 e. The number of thiophene rings is 1. The highest BCUT2D eigenvalue weighted by atomic mass is 32.1. The highest BCUT2D eigenvalue weighted by Crippen LogP contribution is 2.33. The summed E-state index contributed by atoms with van der Waals surface area (Å²) in [6.45, 7) is 4.90. The molecule has 3 rings (SSSR count). The monoisotopic (exact) mass is 289 g/mol. The predicted octanol–water partition coefficient (Wildman–Crippen LogP) is 4.47. The molecule has 20 heavy (non-hydrogen) atoms. The Bertz CT molecular complexity index is 557. The molecule has 2 nitrogen and oxygen atoms in total. The minimum absolute atomic E-state index is 0.487. The quantitative estimate of drug-likeness (QED) is 0.847. The van der Waals surface area contributed by atoms with Crippen molar-refractivity contribution in [1.29, 1.82) is 0 Å². The molecule has 1 aromatic carbocycles. The van der Waals surface area contributed by atoms with Gasteiger partial charge < -0.3 is 10.1 Å². The van der Waals surface area contributed by atoms with E-state index in [4.69, 9.17) is 4.74 Å². The van der Waals surface area contributed by atoms with Crippen molar-refractivity contribution in [3.63, 3.8) is 0 Å². The summed E-state index contributed by atoms with van der Waals surface area (Å²) in [6.07, 6.45) is 5.63. The second-order valence-electron chi connectivity index (χ2n) is 5.50. The molecule has 1 fully saturated rings. The van der Waals surface area contributed by atoms with Crippen molar-refractivity contribution in [2.45, 2.75) is 51.9 Å². The molecule has 1 heterocycles. The van der Waals surface area contributed by atoms with Crippen molar-refractivity contribution in [2.24, 2.45) is 0 Å². The molecule has 108 valence electrons. The maximum Gasteiger partial charge on any atom is 0.0738 e. The average molecular weight is 289 g/mol. The van der Waals surface area contributed by atoms with Crippen LogP contribution in [0, 0.1) is 0 Å². The second-order valence-corrected chi connectivity index (χ2v) is 6.63. The van der Waals surface area contributed by atoms with E-state index >= 15 is 0 Å². The van der Waals surface area contributed by atoms with Gasteiger partial charge in [-0.25, -0.2) is 0 Å². The highest BCUT2D eigenvalue weighted by Gasteiger charge is 2.18. The van der Waals surface area contributed by atoms with Crippen LogP contribution in [0.4, 0.5) is 0 Å². The third-order valence-corrected chi connectivity index (χ3v) is 5.30. The molecular weight excluding hydrogens is 266 g/mol. The van der Waals surface area contributed by atoms with E-state index in [0.29, 0.717) is 6.10 Å². The third-order valence-electron chi connectivity index (χ3n) is 4.08. The van der Waals surface area contributed by atoms with Crippen LogP contribution in [-0.2, 0) is 17.9 Å². The number of nitrogens with one attached hydrogen (secondary N) is 1. The van der Waals surface area contributed by atoms with Gasteiger partial charge in [-0.15, -0.1) is 11.3 Å². The molecule has 1 aliphatic carbocycles. The first-order chi connectivity index (χ1) is 9.88. The van der Waals surface area contributed by atoms with Crippen molar-refractivity contribution in [1.82, 2.24) is 5.32 Å². The van der Waals surface area contributed by atoms with Gasteiger partial charge in [0.2, 0.25) is 0 Å². The van der Waals surface area contributed by atoms with Gasteiger partial charge in [0.05, 0.1) is 12.7 Å². The van der Waals surface area contributed by atoms with E-state index in [9.17, 15) is 0 Å². The SMILES string of the molecule is CCNCc1sc2ccccc2c1COC1CCCC1. The molecule has 0 radical (unpaired) electrons. The lowest BCUT2D eigenvalue weighted by Crippen LogP contribution is -2.13. The Labute approximate surface area is 125 Å². The van der Waals surface area contributed by atoms with Crippen LogP contribution in [0.25, 0.3) is 10.1 Å². The molecule has 0 aliphatic heterocycles. The van der Waals surface area contributed by atoms with Crippen molar-refractivity contribution >= 4 is 21.4 Å². The van der Waals surface area contributed by atoms with Crippen LogP contribution < -0.4 is 5.32 Å². The van der Waals surface area contributed by atoms with Crippen molar-refractivity contribution in [3.05, 3.63) is 34.7 Å². The minimum atomic E-state index is 0.487. The van der Waals surface area contributed by atoms with Crippen LogP contribution in [0.15, 0.2) is 24.3 Å². The first kappa shape index (κ1) is 14.1. The van der Waals surface area contributed by atoms with Gasteiger partial charge >= 0.3 is 0 Å². The highest BCUT2D eigenvalue weighted by molar-refractivity contribution is 7.19. The summed E-state index contributed by atoms with van der Waals surface area (Å²) in [7, 11) is 0. The molecule has 1 saturated carbocycles. The van der Waals surface area contributed by atoms with E-state index in [1.165, 1.54) is 46.2 Å². The van der Waals surface area contributed by atoms with Gasteiger partial charge in [-0.05, 0) is 30.8 Å². The zero-order valence-electron chi connectivity index (χ0n) is 12.2. The van der Waals surface area contributed by atoms with Crippen LogP contribution in [0.2, 0.25) is 0 Å². The molecule has 0 bridgehead atoms. The van der Waals surface area contributed by atoms with Crippen LogP contribution in [0.5, 0.6) is 0 Å². The number of fused-ring (bicyclic) bond motifs is 1. The summed E-state index contributed by atoms with van der Waals surface area (Å²) in [5, 5.41) is 4.83. The van der Waals surface area contributed by atoms with E-state index in [1.807, 2.05) is 11.3 Å². The van der Waals surface area contributed by atoms with E-state index in [1.54, 1.807) is 0 Å². The van der Waals surface area contributed by atoms with Gasteiger partial charge in [-0.1, -0.05) is 38.0 Å². The molecule has 1 N–H and O–H groups in total. The Morgan fingerprint density at radius 1 is 1.25 bits per heavy atom. The molecular formula is C17H23NOS. The Morgan fingerprint density at radius 3 is 2.85 bits per heavy atom. The molecule has 0 spiro atoms. The molecule has 1 aliphatic rings. The lowest BCUT2D eigenvalue weighted by molar-refractivity contribution is 0.0461. The van der Waals surface area contributed by atoms with Crippen molar-refractivity contribution < 1.29 is 4.74 Å². The first-order valence-electron chi connectivity index (χ1n) is 7.70. The lowest BCUT2D eigenvalue weighted by Gasteiger charge is -2.12. The second kappa shape index (κ2) is 6.70. The van der Waals surface area contributed by atoms with Gasteiger partial charge in [0.1, 0.15) is 0 Å². The number of rotatable bonds is 6. The maximum absolute atomic E-state index is 6.15. The Balaban J connectivity index is 1.81. The Morgan fingerprint density at radius 2 is 2.05 bits per heavy atom. The van der Waals surface area contributed by atoms with E-state index in [2.05, 4.69) is 36.5 Å². The summed E-state index contributed by atoms with van der Waals surface area (Å²) in [5.74, 6) is 0. The van der Waals surface area contributed by atoms with Crippen molar-refractivity contribution in [3.8, 4) is 0 Å². The van der Waals surface area contributed by atoms with E-state index < -0.39 is 0 Å². The molecule has 0 amide bonds. The third kappa shape index (κ3) is 3.05. The number of hydrogen-bond donors (Lipinski definition) is 1. The van der Waals surface area contributed by atoms with Gasteiger partial charge in [0, 0.05) is 21.7 Å². The summed E-state index contributed by atoms with van der Waals surface area (Å²) in [4.78, 5) is 1.44. The topological polar surface area (TPSA) is 21.3 Å². The Hall–Kier alpha value is -0.900. The van der Waals surface area contributed by atoms with E-state index in [-0.39, 0.29) is 0 Å². The molecule has 0 unspecified atom stereocenters. The van der Waals surface area contributed by atoms with Gasteiger partial charge in [-0.2, -0.15) is 0 Å². The number of hydrogen-bond acceptors (Lipinski definition) is 3. The summed E-state index contributed by atoms with van der Waals surface area (Å²) < 4.78 is 7.53. The number of benzene rings is 1. The van der Waals surface area contributed by atoms with Crippen LogP contribution in [-0.4, -0.2) is 12.6 Å². The average Bonchev–Trinajstić information content (AvgIpc) is 3.10. The summed E-state index contributed by atoms with van der Waals surface area (Å²) >= 11 is 1.90. The molecule has 3 heteroatoms.